The highest BCUT2D eigenvalue weighted by molar-refractivity contribution is 5.96. The van der Waals surface area contributed by atoms with E-state index in [4.69, 9.17) is 4.11 Å². The van der Waals surface area contributed by atoms with Gasteiger partial charge in [0.25, 0.3) is 0 Å². The van der Waals surface area contributed by atoms with Crippen LogP contribution in [0.1, 0.15) is 79.1 Å². The van der Waals surface area contributed by atoms with Crippen LogP contribution < -0.4 is 0 Å². The zero-order chi connectivity index (χ0) is 17.1. The third kappa shape index (κ3) is 2.13. The van der Waals surface area contributed by atoms with Crippen molar-refractivity contribution < 1.29 is 8.91 Å². The molecule has 0 N–H and O–H groups in total. The Morgan fingerprint density at radius 3 is 2.47 bits per heavy atom. The van der Waals surface area contributed by atoms with Gasteiger partial charge in [0.15, 0.2) is 5.78 Å². The van der Waals surface area contributed by atoms with E-state index in [1.165, 1.54) is 5.56 Å². The fourth-order valence-corrected chi connectivity index (χ4v) is 3.44. The molecule has 0 amide bonds. The Morgan fingerprint density at radius 1 is 1.26 bits per heavy atom. The molecular weight excluding hydrogens is 232 g/mol. The number of carbonyl (C=O) groups excluding carboxylic acids is 1. The van der Waals surface area contributed by atoms with Crippen LogP contribution in [0, 0.1) is 12.8 Å². The van der Waals surface area contributed by atoms with Crippen molar-refractivity contribution in [3.8, 4) is 0 Å². The summed E-state index contributed by atoms with van der Waals surface area (Å²) in [6.07, 6.45) is 1.03. The fourth-order valence-electron chi connectivity index (χ4n) is 3.44. The number of carbonyl (C=O) groups is 1. The van der Waals surface area contributed by atoms with Crippen LogP contribution in [0.3, 0.4) is 0 Å². The summed E-state index contributed by atoms with van der Waals surface area (Å²) in [5.41, 5.74) is 3.44. The average molecular weight is 261 g/mol. The number of hydrogen-bond donors (Lipinski definition) is 0. The largest absolute Gasteiger partial charge is 0.295 e. The summed E-state index contributed by atoms with van der Waals surface area (Å²) < 4.78 is 22.2. The molecule has 1 aromatic carbocycles. The Kier molecular flexibility index (Phi) is 2.35. The van der Waals surface area contributed by atoms with Crippen LogP contribution in [0.2, 0.25) is 0 Å². The van der Waals surface area contributed by atoms with E-state index in [9.17, 15) is 4.79 Å². The Labute approximate surface area is 121 Å². The quantitative estimate of drug-likeness (QED) is 0.664. The van der Waals surface area contributed by atoms with Gasteiger partial charge in [-0.3, -0.25) is 4.79 Å². The Balaban J connectivity index is 2.71. The van der Waals surface area contributed by atoms with Gasteiger partial charge in [-0.2, -0.15) is 0 Å². The van der Waals surface area contributed by atoms with Crippen LogP contribution >= 0.6 is 0 Å². The number of rotatable bonds is 1. The lowest BCUT2D eigenvalue weighted by molar-refractivity contribution is 0.101. The summed E-state index contributed by atoms with van der Waals surface area (Å²) in [4.78, 5) is 12.2. The van der Waals surface area contributed by atoms with Crippen molar-refractivity contribution in [3.05, 3.63) is 34.4 Å². The first-order valence-electron chi connectivity index (χ1n) is 8.49. The lowest BCUT2D eigenvalue weighted by atomic mass is 9.58. The molecule has 1 unspecified atom stereocenters. The minimum absolute atomic E-state index is 0.0250. The van der Waals surface area contributed by atoms with Gasteiger partial charge in [0.05, 0.1) is 0 Å². The zero-order valence-corrected chi connectivity index (χ0v) is 12.8. The van der Waals surface area contributed by atoms with Gasteiger partial charge < -0.3 is 0 Å². The smallest absolute Gasteiger partial charge is 0.160 e. The summed E-state index contributed by atoms with van der Waals surface area (Å²) in [5, 5.41) is 0. The maximum atomic E-state index is 12.2. The van der Waals surface area contributed by atoms with Crippen molar-refractivity contribution in [2.75, 3.05) is 0 Å². The van der Waals surface area contributed by atoms with E-state index in [-0.39, 0.29) is 10.8 Å². The number of ketones is 1. The van der Waals surface area contributed by atoms with Crippen LogP contribution in [0.5, 0.6) is 0 Å². The minimum atomic E-state index is -2.58. The number of benzene rings is 1. The molecule has 1 heteroatoms. The Bertz CT molecular complexity index is 624. The summed E-state index contributed by atoms with van der Waals surface area (Å²) in [7, 11) is 0. The maximum absolute atomic E-state index is 12.2. The van der Waals surface area contributed by atoms with Crippen LogP contribution in [0.15, 0.2) is 12.1 Å². The normalized spacial score (nSPS) is 26.8. The van der Waals surface area contributed by atoms with Crippen molar-refractivity contribution in [2.24, 2.45) is 5.92 Å². The Morgan fingerprint density at radius 2 is 1.89 bits per heavy atom. The summed E-state index contributed by atoms with van der Waals surface area (Å²) in [5.74, 6) is -0.224. The molecule has 1 aliphatic carbocycles. The molecule has 1 nitrogen and oxygen atoms in total. The van der Waals surface area contributed by atoms with E-state index in [1.807, 2.05) is 19.1 Å². The van der Waals surface area contributed by atoms with E-state index < -0.39 is 12.6 Å². The monoisotopic (exact) mass is 261 g/mol. The highest BCUT2D eigenvalue weighted by Crippen LogP contribution is 2.49. The van der Waals surface area contributed by atoms with Crippen molar-refractivity contribution >= 4 is 5.78 Å². The van der Waals surface area contributed by atoms with Gasteiger partial charge in [0, 0.05) is 9.68 Å². The zero-order valence-electron chi connectivity index (χ0n) is 15.8. The van der Waals surface area contributed by atoms with Gasteiger partial charge in [-0.25, -0.2) is 0 Å². The highest BCUT2D eigenvalue weighted by Gasteiger charge is 2.42. The molecule has 1 aliphatic rings. The highest BCUT2D eigenvalue weighted by atomic mass is 16.1. The lowest BCUT2D eigenvalue weighted by Gasteiger charge is -2.47. The SMILES string of the molecule is [2H]C([2H])([2H])C(=O)c1cc2c(cc1C)C(C)(C)C(C)CC2(C)C. The van der Waals surface area contributed by atoms with E-state index in [0.717, 1.165) is 17.5 Å². The number of fused-ring (bicyclic) bond motifs is 1. The summed E-state index contributed by atoms with van der Waals surface area (Å²) >= 11 is 0. The van der Waals surface area contributed by atoms with Crippen LogP contribution in [0.4, 0.5) is 0 Å². The van der Waals surface area contributed by atoms with Crippen molar-refractivity contribution in [2.45, 2.75) is 65.6 Å². The molecule has 0 spiro atoms. The molecule has 19 heavy (non-hydrogen) atoms. The predicted octanol–water partition coefficient (Wildman–Crippen LogP) is 4.79. The van der Waals surface area contributed by atoms with Gasteiger partial charge in [-0.15, -0.1) is 0 Å². The molecule has 0 fully saturated rings. The molecule has 1 atom stereocenters. The Hall–Kier alpha value is -1.11. The molecular formula is C18H26O. The molecule has 0 heterocycles. The third-order valence-corrected chi connectivity index (χ3v) is 5.08. The van der Waals surface area contributed by atoms with Gasteiger partial charge in [0.1, 0.15) is 0 Å². The van der Waals surface area contributed by atoms with Gasteiger partial charge in [-0.05, 0) is 59.7 Å². The predicted molar refractivity (Wildman–Crippen MR) is 81.0 cm³/mol. The van der Waals surface area contributed by atoms with E-state index in [1.54, 1.807) is 0 Å². The third-order valence-electron chi connectivity index (χ3n) is 5.08. The summed E-state index contributed by atoms with van der Waals surface area (Å²) in [6.45, 7) is 10.3. The average Bonchev–Trinajstić information content (AvgIpc) is 2.34. The first-order chi connectivity index (χ1) is 9.78. The van der Waals surface area contributed by atoms with Gasteiger partial charge in [0.2, 0.25) is 0 Å². The second-order valence-electron chi connectivity index (χ2n) is 7.25. The van der Waals surface area contributed by atoms with Gasteiger partial charge >= 0.3 is 0 Å². The molecule has 0 aliphatic heterocycles. The number of aryl methyl sites for hydroxylation is 1. The first kappa shape index (κ1) is 10.7. The molecule has 2 rings (SSSR count). The molecule has 0 radical (unpaired) electrons. The molecule has 0 aromatic heterocycles. The summed E-state index contributed by atoms with van der Waals surface area (Å²) in [6, 6.07) is 3.87. The van der Waals surface area contributed by atoms with E-state index in [0.29, 0.717) is 11.5 Å². The second kappa shape index (κ2) is 4.19. The van der Waals surface area contributed by atoms with Crippen molar-refractivity contribution in [3.63, 3.8) is 0 Å². The maximum Gasteiger partial charge on any atom is 0.160 e. The molecule has 0 bridgehead atoms. The van der Waals surface area contributed by atoms with E-state index in [2.05, 4.69) is 34.6 Å². The van der Waals surface area contributed by atoms with Crippen molar-refractivity contribution in [1.29, 1.82) is 0 Å². The fraction of sp³-hybridized carbons (Fsp3) is 0.611. The van der Waals surface area contributed by atoms with Crippen LogP contribution in [-0.2, 0) is 10.8 Å². The molecule has 104 valence electrons. The standard InChI is InChI=1S/C18H26O/c1-11-8-16-15(9-14(11)13(3)19)17(4,5)10-12(2)18(16,6)7/h8-9,12H,10H2,1-7H3/i3D3. The number of hydrogen-bond acceptors (Lipinski definition) is 1. The van der Waals surface area contributed by atoms with Crippen molar-refractivity contribution in [1.82, 2.24) is 0 Å². The minimum Gasteiger partial charge on any atom is -0.295 e. The van der Waals surface area contributed by atoms with Gasteiger partial charge in [-0.1, -0.05) is 40.7 Å². The van der Waals surface area contributed by atoms with Crippen LogP contribution in [0.25, 0.3) is 0 Å². The molecule has 1 aromatic rings. The molecule has 0 saturated carbocycles. The first-order valence-corrected chi connectivity index (χ1v) is 6.99. The molecule has 0 saturated heterocycles. The van der Waals surface area contributed by atoms with E-state index >= 15 is 0 Å². The second-order valence-corrected chi connectivity index (χ2v) is 7.25. The topological polar surface area (TPSA) is 17.1 Å². The lowest BCUT2D eigenvalue weighted by Crippen LogP contribution is -2.40. The number of Topliss-reactive ketones (excluding diaryl/α,β-unsaturated/α-hetero) is 1. The van der Waals surface area contributed by atoms with Crippen LogP contribution in [-0.4, -0.2) is 5.78 Å².